The number of hydrogen-bond donors (Lipinski definition) is 2. The summed E-state index contributed by atoms with van der Waals surface area (Å²) in [5.74, 6) is -0.784. The van der Waals surface area contributed by atoms with E-state index in [1.807, 2.05) is 55.5 Å². The number of carboxylic acids is 1. The lowest BCUT2D eigenvalue weighted by Crippen LogP contribution is -2.29. The van der Waals surface area contributed by atoms with E-state index in [0.717, 1.165) is 16.9 Å². The monoisotopic (exact) mass is 469 g/mol. The molecule has 0 bridgehead atoms. The maximum Gasteiger partial charge on any atom is 0.326 e. The van der Waals surface area contributed by atoms with E-state index in [1.54, 1.807) is 6.92 Å². The first kappa shape index (κ1) is 23.7. The van der Waals surface area contributed by atoms with Crippen molar-refractivity contribution in [1.82, 2.24) is 4.98 Å². The van der Waals surface area contributed by atoms with Gasteiger partial charge in [0.2, 0.25) is 0 Å². The highest BCUT2D eigenvalue weighted by atomic mass is 19.1. The molecule has 176 valence electrons. The Kier molecular flexibility index (Phi) is 6.93. The summed E-state index contributed by atoms with van der Waals surface area (Å²) in [5, 5.41) is 22.9. The number of rotatable bonds is 8. The van der Waals surface area contributed by atoms with Crippen LogP contribution in [-0.2, 0) is 4.79 Å². The van der Waals surface area contributed by atoms with Crippen LogP contribution in [0.3, 0.4) is 0 Å². The quantitative estimate of drug-likeness (QED) is 0.317. The number of aromatic nitrogens is 1. The third-order valence-corrected chi connectivity index (χ3v) is 5.74. The van der Waals surface area contributed by atoms with Crippen LogP contribution in [0.25, 0.3) is 33.3 Å². The van der Waals surface area contributed by atoms with Crippen molar-refractivity contribution in [2.75, 3.05) is 11.9 Å². The van der Waals surface area contributed by atoms with Crippen LogP contribution in [-0.4, -0.2) is 28.7 Å². The predicted octanol–water partition coefficient (Wildman–Crippen LogP) is 6.25. The molecule has 4 rings (SSSR count). The van der Waals surface area contributed by atoms with E-state index in [-0.39, 0.29) is 17.7 Å². The summed E-state index contributed by atoms with van der Waals surface area (Å²) >= 11 is 0. The summed E-state index contributed by atoms with van der Waals surface area (Å²) in [7, 11) is 0. The highest BCUT2D eigenvalue weighted by Gasteiger charge is 2.22. The molecule has 1 atom stereocenters. The fraction of sp³-hybridized carbons (Fsp3) is 0.179. The van der Waals surface area contributed by atoms with Crippen LogP contribution < -0.4 is 10.1 Å². The summed E-state index contributed by atoms with van der Waals surface area (Å²) < 4.78 is 19.8. The smallest absolute Gasteiger partial charge is 0.326 e. The first-order valence-electron chi connectivity index (χ1n) is 11.3. The zero-order chi connectivity index (χ0) is 24.9. The van der Waals surface area contributed by atoms with Gasteiger partial charge in [-0.05, 0) is 43.2 Å². The third-order valence-electron chi connectivity index (χ3n) is 5.74. The van der Waals surface area contributed by atoms with Crippen molar-refractivity contribution < 1.29 is 19.0 Å². The maximum absolute atomic E-state index is 14.1. The number of benzene rings is 3. The number of hydrogen-bond acceptors (Lipinski definition) is 5. The number of para-hydroxylation sites is 1. The van der Waals surface area contributed by atoms with Crippen molar-refractivity contribution in [3.05, 3.63) is 78.1 Å². The van der Waals surface area contributed by atoms with Gasteiger partial charge in [0.05, 0.1) is 23.5 Å². The van der Waals surface area contributed by atoms with Crippen molar-refractivity contribution in [2.24, 2.45) is 0 Å². The number of nitriles is 1. The lowest BCUT2D eigenvalue weighted by atomic mass is 9.98. The molecule has 0 fully saturated rings. The van der Waals surface area contributed by atoms with Gasteiger partial charge in [0.1, 0.15) is 29.2 Å². The van der Waals surface area contributed by atoms with Gasteiger partial charge in [-0.15, -0.1) is 0 Å². The van der Waals surface area contributed by atoms with Gasteiger partial charge < -0.3 is 15.2 Å². The SMILES string of the molecule is CCOc1ccccc1-c1ccc(-c2nc3ccc(F)cc3c(NC(CC)C(=O)O)c2C#N)cc1. The van der Waals surface area contributed by atoms with Gasteiger partial charge >= 0.3 is 5.97 Å². The molecule has 4 aromatic rings. The number of carboxylic acid groups (broad SMARTS) is 1. The van der Waals surface area contributed by atoms with Crippen molar-refractivity contribution >= 4 is 22.6 Å². The lowest BCUT2D eigenvalue weighted by molar-refractivity contribution is -0.137. The van der Waals surface area contributed by atoms with E-state index < -0.39 is 17.8 Å². The summed E-state index contributed by atoms with van der Waals surface area (Å²) in [6, 6.07) is 20.6. The molecule has 0 saturated carbocycles. The Labute approximate surface area is 202 Å². The molecule has 1 heterocycles. The van der Waals surface area contributed by atoms with Gasteiger partial charge in [0.25, 0.3) is 0 Å². The number of fused-ring (bicyclic) bond motifs is 1. The van der Waals surface area contributed by atoms with Crippen LogP contribution in [0.5, 0.6) is 5.75 Å². The Bertz CT molecular complexity index is 1430. The summed E-state index contributed by atoms with van der Waals surface area (Å²) in [6.07, 6.45) is 0.280. The van der Waals surface area contributed by atoms with E-state index in [2.05, 4.69) is 16.4 Å². The van der Waals surface area contributed by atoms with Crippen molar-refractivity contribution in [3.63, 3.8) is 0 Å². The van der Waals surface area contributed by atoms with Gasteiger partial charge in [-0.1, -0.05) is 49.4 Å². The number of carbonyl (C=O) groups is 1. The normalized spacial score (nSPS) is 11.6. The van der Waals surface area contributed by atoms with Crippen LogP contribution in [0.1, 0.15) is 25.8 Å². The molecule has 0 aliphatic rings. The molecule has 0 radical (unpaired) electrons. The first-order valence-corrected chi connectivity index (χ1v) is 11.3. The number of aliphatic carboxylic acids is 1. The van der Waals surface area contributed by atoms with Crippen molar-refractivity contribution in [3.8, 4) is 34.2 Å². The van der Waals surface area contributed by atoms with Crippen LogP contribution >= 0.6 is 0 Å². The maximum atomic E-state index is 14.1. The molecule has 0 aliphatic heterocycles. The second-order valence-electron chi connectivity index (χ2n) is 7.93. The van der Waals surface area contributed by atoms with Crippen LogP contribution in [0.4, 0.5) is 10.1 Å². The minimum Gasteiger partial charge on any atom is -0.493 e. The number of ether oxygens (including phenoxy) is 1. The van der Waals surface area contributed by atoms with E-state index in [0.29, 0.717) is 28.8 Å². The van der Waals surface area contributed by atoms with Gasteiger partial charge in [-0.3, -0.25) is 0 Å². The Balaban J connectivity index is 1.86. The van der Waals surface area contributed by atoms with Gasteiger partial charge in [-0.25, -0.2) is 14.2 Å². The Morgan fingerprint density at radius 3 is 2.49 bits per heavy atom. The van der Waals surface area contributed by atoms with Crippen LogP contribution in [0.2, 0.25) is 0 Å². The van der Waals surface area contributed by atoms with E-state index in [1.165, 1.54) is 18.2 Å². The summed E-state index contributed by atoms with van der Waals surface area (Å²) in [4.78, 5) is 16.3. The summed E-state index contributed by atoms with van der Waals surface area (Å²) in [5.41, 5.74) is 3.81. The van der Waals surface area contributed by atoms with Crippen molar-refractivity contribution in [1.29, 1.82) is 5.26 Å². The zero-order valence-corrected chi connectivity index (χ0v) is 19.4. The lowest BCUT2D eigenvalue weighted by Gasteiger charge is -2.19. The average molecular weight is 470 g/mol. The first-order chi connectivity index (χ1) is 17.0. The Morgan fingerprint density at radius 2 is 1.83 bits per heavy atom. The number of nitrogens with one attached hydrogen (secondary N) is 1. The van der Waals surface area contributed by atoms with Crippen LogP contribution in [0, 0.1) is 17.1 Å². The second-order valence-corrected chi connectivity index (χ2v) is 7.93. The molecule has 35 heavy (non-hydrogen) atoms. The van der Waals surface area contributed by atoms with Gasteiger partial charge in [0, 0.05) is 16.5 Å². The molecule has 1 unspecified atom stereocenters. The Hall–Kier alpha value is -4.44. The highest BCUT2D eigenvalue weighted by molar-refractivity contribution is 5.99. The van der Waals surface area contributed by atoms with Gasteiger partial charge in [0.15, 0.2) is 0 Å². The van der Waals surface area contributed by atoms with E-state index >= 15 is 0 Å². The Morgan fingerprint density at radius 1 is 1.11 bits per heavy atom. The molecule has 0 spiro atoms. The zero-order valence-electron chi connectivity index (χ0n) is 19.4. The number of pyridine rings is 1. The number of anilines is 1. The van der Waals surface area contributed by atoms with Gasteiger partial charge in [-0.2, -0.15) is 5.26 Å². The van der Waals surface area contributed by atoms with Crippen molar-refractivity contribution in [2.45, 2.75) is 26.3 Å². The molecule has 6 nitrogen and oxygen atoms in total. The molecule has 2 N–H and O–H groups in total. The molecule has 7 heteroatoms. The minimum atomic E-state index is -1.06. The second kappa shape index (κ2) is 10.2. The minimum absolute atomic E-state index is 0.158. The average Bonchev–Trinajstić information content (AvgIpc) is 2.87. The number of halogens is 1. The fourth-order valence-electron chi connectivity index (χ4n) is 4.01. The summed E-state index contributed by atoms with van der Waals surface area (Å²) in [6.45, 7) is 4.20. The number of nitrogens with zero attached hydrogens (tertiary/aromatic N) is 2. The molecule has 1 aromatic heterocycles. The molecular formula is C28H24FN3O3. The molecular weight excluding hydrogens is 445 g/mol. The van der Waals surface area contributed by atoms with E-state index in [9.17, 15) is 19.6 Å². The highest BCUT2D eigenvalue weighted by Crippen LogP contribution is 2.36. The fourth-order valence-corrected chi connectivity index (χ4v) is 4.01. The molecule has 3 aromatic carbocycles. The molecule has 0 amide bonds. The third kappa shape index (κ3) is 4.78. The molecule has 0 saturated heterocycles. The standard InChI is InChI=1S/C28H24FN3O3/c1-3-23(28(33)34)31-27-21-15-19(29)13-14-24(21)32-26(22(27)16-30)18-11-9-17(10-12-18)20-7-5-6-8-25(20)35-4-2/h5-15,23H,3-4H2,1-2H3,(H,31,32)(H,33,34). The van der Waals surface area contributed by atoms with E-state index in [4.69, 9.17) is 4.74 Å². The topological polar surface area (TPSA) is 95.2 Å². The molecule has 0 aliphatic carbocycles. The predicted molar refractivity (Wildman–Crippen MR) is 134 cm³/mol. The largest absolute Gasteiger partial charge is 0.493 e. The van der Waals surface area contributed by atoms with Crippen LogP contribution in [0.15, 0.2) is 66.7 Å².